The SMILES string of the molecule is COc1ccc(C(=O)N(Cc2ccc3[nH]ccc3c2)C2CC2)c(OC)c1. The predicted molar refractivity (Wildman–Crippen MR) is 101 cm³/mol. The van der Waals surface area contributed by atoms with Crippen LogP contribution in [0.5, 0.6) is 11.5 Å². The van der Waals surface area contributed by atoms with Crippen molar-refractivity contribution in [1.82, 2.24) is 9.88 Å². The highest BCUT2D eigenvalue weighted by molar-refractivity contribution is 5.97. The largest absolute Gasteiger partial charge is 0.497 e. The summed E-state index contributed by atoms with van der Waals surface area (Å²) in [5, 5.41) is 1.16. The van der Waals surface area contributed by atoms with Gasteiger partial charge in [-0.2, -0.15) is 0 Å². The molecule has 0 atom stereocenters. The van der Waals surface area contributed by atoms with E-state index in [0.717, 1.165) is 29.3 Å². The molecule has 0 spiro atoms. The molecule has 1 fully saturated rings. The number of hydrogen-bond acceptors (Lipinski definition) is 3. The number of nitrogens with one attached hydrogen (secondary N) is 1. The van der Waals surface area contributed by atoms with Crippen LogP contribution in [0.2, 0.25) is 0 Å². The molecule has 5 nitrogen and oxygen atoms in total. The number of fused-ring (bicyclic) bond motifs is 1. The van der Waals surface area contributed by atoms with Crippen LogP contribution in [-0.4, -0.2) is 36.1 Å². The van der Waals surface area contributed by atoms with E-state index >= 15 is 0 Å². The van der Waals surface area contributed by atoms with Gasteiger partial charge in [0.15, 0.2) is 0 Å². The molecule has 4 rings (SSSR count). The summed E-state index contributed by atoms with van der Waals surface area (Å²) < 4.78 is 10.7. The Labute approximate surface area is 152 Å². The molecule has 0 unspecified atom stereocenters. The first-order valence-corrected chi connectivity index (χ1v) is 8.78. The molecule has 134 valence electrons. The van der Waals surface area contributed by atoms with Crippen LogP contribution >= 0.6 is 0 Å². The maximum Gasteiger partial charge on any atom is 0.258 e. The molecule has 1 N–H and O–H groups in total. The van der Waals surface area contributed by atoms with Gasteiger partial charge in [-0.3, -0.25) is 4.79 Å². The summed E-state index contributed by atoms with van der Waals surface area (Å²) in [5.74, 6) is 1.22. The van der Waals surface area contributed by atoms with E-state index in [1.807, 2.05) is 11.1 Å². The number of methoxy groups -OCH3 is 2. The molecule has 5 heteroatoms. The third-order valence-corrected chi connectivity index (χ3v) is 4.86. The van der Waals surface area contributed by atoms with Crippen molar-refractivity contribution in [3.63, 3.8) is 0 Å². The van der Waals surface area contributed by atoms with Crippen molar-refractivity contribution in [2.45, 2.75) is 25.4 Å². The van der Waals surface area contributed by atoms with Gasteiger partial charge in [0.2, 0.25) is 0 Å². The first-order chi connectivity index (χ1) is 12.7. The van der Waals surface area contributed by atoms with Crippen LogP contribution < -0.4 is 9.47 Å². The number of rotatable bonds is 6. The molecule has 1 saturated carbocycles. The molecule has 0 bridgehead atoms. The number of H-pyrrole nitrogens is 1. The van der Waals surface area contributed by atoms with E-state index in [9.17, 15) is 4.79 Å². The Hall–Kier alpha value is -2.95. The zero-order valence-corrected chi connectivity index (χ0v) is 15.0. The van der Waals surface area contributed by atoms with Crippen LogP contribution in [0.4, 0.5) is 0 Å². The van der Waals surface area contributed by atoms with Crippen LogP contribution in [-0.2, 0) is 6.54 Å². The second-order valence-electron chi connectivity index (χ2n) is 6.63. The van der Waals surface area contributed by atoms with E-state index in [0.29, 0.717) is 29.6 Å². The van der Waals surface area contributed by atoms with E-state index in [-0.39, 0.29) is 5.91 Å². The molecule has 0 aliphatic heterocycles. The fourth-order valence-electron chi connectivity index (χ4n) is 3.28. The van der Waals surface area contributed by atoms with Gasteiger partial charge >= 0.3 is 0 Å². The summed E-state index contributed by atoms with van der Waals surface area (Å²) >= 11 is 0. The maximum absolute atomic E-state index is 13.2. The van der Waals surface area contributed by atoms with Gasteiger partial charge in [0.1, 0.15) is 11.5 Å². The van der Waals surface area contributed by atoms with Crippen molar-refractivity contribution in [3.8, 4) is 11.5 Å². The third kappa shape index (κ3) is 3.12. The van der Waals surface area contributed by atoms with Gasteiger partial charge in [-0.25, -0.2) is 0 Å². The van der Waals surface area contributed by atoms with Crippen molar-refractivity contribution in [1.29, 1.82) is 0 Å². The van der Waals surface area contributed by atoms with Crippen molar-refractivity contribution in [2.24, 2.45) is 0 Å². The van der Waals surface area contributed by atoms with Gasteiger partial charge in [-0.15, -0.1) is 0 Å². The molecule has 1 aliphatic rings. The average molecular weight is 350 g/mol. The normalized spacial score (nSPS) is 13.6. The molecule has 1 aliphatic carbocycles. The number of aromatic amines is 1. The lowest BCUT2D eigenvalue weighted by Crippen LogP contribution is -2.32. The Bertz CT molecular complexity index is 943. The quantitative estimate of drug-likeness (QED) is 0.731. The minimum Gasteiger partial charge on any atom is -0.497 e. The van der Waals surface area contributed by atoms with Crippen molar-refractivity contribution < 1.29 is 14.3 Å². The number of aromatic nitrogens is 1. The van der Waals surface area contributed by atoms with E-state index in [2.05, 4.69) is 29.2 Å². The van der Waals surface area contributed by atoms with Gasteiger partial charge in [-0.1, -0.05) is 6.07 Å². The minimum absolute atomic E-state index is 0.00108. The second kappa shape index (κ2) is 6.75. The smallest absolute Gasteiger partial charge is 0.258 e. The Kier molecular flexibility index (Phi) is 4.29. The summed E-state index contributed by atoms with van der Waals surface area (Å²) in [6.45, 7) is 0.597. The summed E-state index contributed by atoms with van der Waals surface area (Å²) in [4.78, 5) is 18.4. The standard InChI is InChI=1S/C21H22N2O3/c1-25-17-6-7-18(20(12-17)26-2)21(24)23(16-4-5-16)13-14-3-8-19-15(11-14)9-10-22-19/h3,6-12,16,22H,4-5,13H2,1-2H3. The van der Waals surface area contributed by atoms with Crippen molar-refractivity contribution in [3.05, 3.63) is 59.8 Å². The number of hydrogen-bond donors (Lipinski definition) is 1. The van der Waals surface area contributed by atoms with Gasteiger partial charge in [0.25, 0.3) is 5.91 Å². The summed E-state index contributed by atoms with van der Waals surface area (Å²) in [5.41, 5.74) is 2.81. The van der Waals surface area contributed by atoms with Crippen LogP contribution in [0.1, 0.15) is 28.8 Å². The minimum atomic E-state index is 0.00108. The number of carbonyl (C=O) groups is 1. The number of benzene rings is 2. The van der Waals surface area contributed by atoms with Gasteiger partial charge in [0, 0.05) is 30.4 Å². The topological polar surface area (TPSA) is 54.6 Å². The predicted octanol–water partition coefficient (Wildman–Crippen LogP) is 3.99. The fraction of sp³-hybridized carbons (Fsp3) is 0.286. The maximum atomic E-state index is 13.2. The lowest BCUT2D eigenvalue weighted by Gasteiger charge is -2.24. The number of carbonyl (C=O) groups excluding carboxylic acids is 1. The molecule has 3 aromatic rings. The molecular weight excluding hydrogens is 328 g/mol. The van der Waals surface area contributed by atoms with Gasteiger partial charge in [-0.05, 0) is 54.1 Å². The molecule has 0 radical (unpaired) electrons. The first kappa shape index (κ1) is 16.5. The molecule has 0 saturated heterocycles. The third-order valence-electron chi connectivity index (χ3n) is 4.86. The van der Waals surface area contributed by atoms with Crippen molar-refractivity contribution in [2.75, 3.05) is 14.2 Å². The first-order valence-electron chi connectivity index (χ1n) is 8.78. The highest BCUT2D eigenvalue weighted by atomic mass is 16.5. The molecular formula is C21H22N2O3. The second-order valence-corrected chi connectivity index (χ2v) is 6.63. The lowest BCUT2D eigenvalue weighted by molar-refractivity contribution is 0.0726. The highest BCUT2D eigenvalue weighted by Gasteiger charge is 2.34. The zero-order chi connectivity index (χ0) is 18.1. The van der Waals surface area contributed by atoms with E-state index in [1.165, 1.54) is 0 Å². The van der Waals surface area contributed by atoms with Crippen LogP contribution in [0, 0.1) is 0 Å². The van der Waals surface area contributed by atoms with Crippen LogP contribution in [0.25, 0.3) is 10.9 Å². The summed E-state index contributed by atoms with van der Waals surface area (Å²) in [6.07, 6.45) is 4.04. The lowest BCUT2D eigenvalue weighted by atomic mass is 10.1. The van der Waals surface area contributed by atoms with Gasteiger partial charge < -0.3 is 19.4 Å². The molecule has 1 heterocycles. The van der Waals surface area contributed by atoms with E-state index in [1.54, 1.807) is 32.4 Å². The Balaban J connectivity index is 1.63. The highest BCUT2D eigenvalue weighted by Crippen LogP contribution is 2.33. The van der Waals surface area contributed by atoms with E-state index < -0.39 is 0 Å². The molecule has 2 aromatic carbocycles. The van der Waals surface area contributed by atoms with E-state index in [4.69, 9.17) is 9.47 Å². The van der Waals surface area contributed by atoms with Crippen LogP contribution in [0.15, 0.2) is 48.7 Å². The van der Waals surface area contributed by atoms with Crippen molar-refractivity contribution >= 4 is 16.8 Å². The number of amides is 1. The summed E-state index contributed by atoms with van der Waals surface area (Å²) in [7, 11) is 3.18. The molecule has 26 heavy (non-hydrogen) atoms. The Morgan fingerprint density at radius 3 is 2.69 bits per heavy atom. The molecule has 1 amide bonds. The molecule has 1 aromatic heterocycles. The number of nitrogens with zero attached hydrogens (tertiary/aromatic N) is 1. The number of ether oxygens (including phenoxy) is 2. The average Bonchev–Trinajstić information content (AvgIpc) is 3.41. The van der Waals surface area contributed by atoms with Gasteiger partial charge in [0.05, 0.1) is 19.8 Å². The Morgan fingerprint density at radius 2 is 1.96 bits per heavy atom. The Morgan fingerprint density at radius 1 is 1.12 bits per heavy atom. The zero-order valence-electron chi connectivity index (χ0n) is 15.0. The fourth-order valence-corrected chi connectivity index (χ4v) is 3.28. The monoisotopic (exact) mass is 350 g/mol. The van der Waals surface area contributed by atoms with Crippen LogP contribution in [0.3, 0.4) is 0 Å². The summed E-state index contributed by atoms with van der Waals surface area (Å²) in [6, 6.07) is 14.0.